The first-order valence-electron chi connectivity index (χ1n) is 4.46. The Labute approximate surface area is 87.7 Å². The third-order valence-electron chi connectivity index (χ3n) is 2.47. The molecule has 1 amide bonds. The Kier molecular flexibility index (Phi) is 2.33. The second kappa shape index (κ2) is 3.50. The molecule has 1 aliphatic rings. The number of hydrogen-bond donors (Lipinski definition) is 1. The highest BCUT2D eigenvalue weighted by molar-refractivity contribution is 6.34. The van der Waals surface area contributed by atoms with E-state index < -0.39 is 0 Å². The molecule has 0 aromatic heterocycles. The second-order valence-corrected chi connectivity index (χ2v) is 3.81. The zero-order valence-electron chi connectivity index (χ0n) is 7.88. The third-order valence-corrected chi connectivity index (χ3v) is 2.75. The number of amides is 1. The lowest BCUT2D eigenvalue weighted by atomic mass is 10.1. The van der Waals surface area contributed by atoms with E-state index in [9.17, 15) is 4.79 Å². The van der Waals surface area contributed by atoms with Crippen molar-refractivity contribution in [2.45, 2.75) is 6.42 Å². The number of hydrogen-bond acceptors (Lipinski definition) is 2. The van der Waals surface area contributed by atoms with Crippen molar-refractivity contribution in [1.29, 1.82) is 0 Å². The van der Waals surface area contributed by atoms with Gasteiger partial charge in [0.15, 0.2) is 0 Å². The van der Waals surface area contributed by atoms with Gasteiger partial charge in [-0.05, 0) is 24.1 Å². The van der Waals surface area contributed by atoms with Gasteiger partial charge in [-0.15, -0.1) is 0 Å². The van der Waals surface area contributed by atoms with Crippen molar-refractivity contribution < 1.29 is 4.79 Å². The maximum atomic E-state index is 10.3. The van der Waals surface area contributed by atoms with Crippen molar-refractivity contribution in [3.05, 3.63) is 22.7 Å². The molecule has 0 radical (unpaired) electrons. The Morgan fingerprint density at radius 1 is 1.57 bits per heavy atom. The predicted octanol–water partition coefficient (Wildman–Crippen LogP) is 1.90. The van der Waals surface area contributed by atoms with Crippen LogP contribution < -0.4 is 10.2 Å². The number of nitrogens with zero attached hydrogens (tertiary/aromatic N) is 1. The first-order chi connectivity index (χ1) is 6.72. The van der Waals surface area contributed by atoms with Gasteiger partial charge in [0.25, 0.3) is 0 Å². The average molecular weight is 211 g/mol. The molecule has 0 fully saturated rings. The molecular formula is C10H11ClN2O. The van der Waals surface area contributed by atoms with Gasteiger partial charge in [0.05, 0.1) is 10.7 Å². The summed E-state index contributed by atoms with van der Waals surface area (Å²) in [6.07, 6.45) is 1.65. The van der Waals surface area contributed by atoms with Crippen LogP contribution in [0.25, 0.3) is 0 Å². The average Bonchev–Trinajstić information content (AvgIpc) is 2.48. The number of carbonyl (C=O) groups excluding carboxylic acids is 1. The van der Waals surface area contributed by atoms with E-state index in [4.69, 9.17) is 11.6 Å². The van der Waals surface area contributed by atoms with Crippen molar-refractivity contribution in [3.63, 3.8) is 0 Å². The maximum Gasteiger partial charge on any atom is 0.211 e. The molecule has 0 atom stereocenters. The normalized spacial score (nSPS) is 14.0. The fourth-order valence-electron chi connectivity index (χ4n) is 1.83. The highest BCUT2D eigenvalue weighted by Gasteiger charge is 2.19. The number of benzene rings is 1. The number of fused-ring (bicyclic) bond motifs is 1. The van der Waals surface area contributed by atoms with Crippen LogP contribution in [0.5, 0.6) is 0 Å². The summed E-state index contributed by atoms with van der Waals surface area (Å²) in [5.41, 5.74) is 3.05. The number of carbonyl (C=O) groups is 1. The van der Waals surface area contributed by atoms with E-state index in [-0.39, 0.29) is 0 Å². The molecule has 74 valence electrons. The summed E-state index contributed by atoms with van der Waals surface area (Å²) in [5, 5.41) is 3.31. The number of halogens is 1. The molecule has 3 nitrogen and oxygen atoms in total. The van der Waals surface area contributed by atoms with Crippen LogP contribution in [0.3, 0.4) is 0 Å². The van der Waals surface area contributed by atoms with Gasteiger partial charge >= 0.3 is 0 Å². The van der Waals surface area contributed by atoms with Crippen LogP contribution in [0.1, 0.15) is 5.56 Å². The summed E-state index contributed by atoms with van der Waals surface area (Å²) in [5.74, 6) is 0. The quantitative estimate of drug-likeness (QED) is 0.757. The summed E-state index contributed by atoms with van der Waals surface area (Å²) in [6, 6.07) is 3.75. The Balaban J connectivity index is 2.45. The fourth-order valence-corrected chi connectivity index (χ4v) is 2.21. The lowest BCUT2D eigenvalue weighted by molar-refractivity contribution is -0.105. The van der Waals surface area contributed by atoms with Crippen molar-refractivity contribution in [1.82, 2.24) is 0 Å². The summed E-state index contributed by atoms with van der Waals surface area (Å²) in [7, 11) is 2.02. The molecule has 0 unspecified atom stereocenters. The molecule has 0 aliphatic carbocycles. The van der Waals surface area contributed by atoms with Crippen LogP contribution in [0.2, 0.25) is 5.02 Å². The van der Waals surface area contributed by atoms with Crippen LogP contribution >= 0.6 is 11.6 Å². The van der Waals surface area contributed by atoms with Gasteiger partial charge in [0.2, 0.25) is 6.41 Å². The van der Waals surface area contributed by atoms with E-state index in [0.717, 1.165) is 24.3 Å². The minimum Gasteiger partial charge on any atom is -0.373 e. The Hall–Kier alpha value is -1.22. The van der Waals surface area contributed by atoms with Crippen LogP contribution in [-0.2, 0) is 11.2 Å². The largest absolute Gasteiger partial charge is 0.373 e. The van der Waals surface area contributed by atoms with E-state index >= 15 is 0 Å². The van der Waals surface area contributed by atoms with Crippen molar-refractivity contribution in [2.24, 2.45) is 0 Å². The predicted molar refractivity (Wildman–Crippen MR) is 58.1 cm³/mol. The van der Waals surface area contributed by atoms with Gasteiger partial charge in [-0.1, -0.05) is 11.6 Å². The number of anilines is 2. The zero-order valence-corrected chi connectivity index (χ0v) is 8.64. The highest BCUT2D eigenvalue weighted by atomic mass is 35.5. The third kappa shape index (κ3) is 1.44. The molecule has 1 N–H and O–H groups in total. The molecule has 0 bridgehead atoms. The molecule has 1 aromatic rings. The Bertz CT molecular complexity index is 379. The van der Waals surface area contributed by atoms with E-state index in [2.05, 4.69) is 10.2 Å². The number of rotatable bonds is 2. The molecule has 0 saturated heterocycles. The first-order valence-corrected chi connectivity index (χ1v) is 4.84. The molecule has 0 spiro atoms. The van der Waals surface area contributed by atoms with Gasteiger partial charge in [-0.2, -0.15) is 0 Å². The molecular weight excluding hydrogens is 200 g/mol. The molecule has 1 heterocycles. The minimum absolute atomic E-state index is 0.663. The molecule has 2 rings (SSSR count). The van der Waals surface area contributed by atoms with Crippen molar-refractivity contribution in [3.8, 4) is 0 Å². The summed E-state index contributed by atoms with van der Waals surface area (Å²) in [6.45, 7) is 0.986. The number of nitrogens with one attached hydrogen (secondary N) is 1. The van der Waals surface area contributed by atoms with E-state index in [0.29, 0.717) is 11.4 Å². The summed E-state index contributed by atoms with van der Waals surface area (Å²) in [4.78, 5) is 12.4. The monoisotopic (exact) mass is 210 g/mol. The van der Waals surface area contributed by atoms with E-state index in [1.165, 1.54) is 5.56 Å². The first kappa shape index (κ1) is 9.34. The van der Waals surface area contributed by atoms with Gasteiger partial charge in [0, 0.05) is 19.3 Å². The minimum atomic E-state index is 0.663. The highest BCUT2D eigenvalue weighted by Crippen LogP contribution is 2.36. The van der Waals surface area contributed by atoms with Crippen LogP contribution in [0.15, 0.2) is 12.1 Å². The summed E-state index contributed by atoms with van der Waals surface area (Å²) < 4.78 is 0. The maximum absolute atomic E-state index is 10.3. The van der Waals surface area contributed by atoms with E-state index in [1.807, 2.05) is 13.1 Å². The van der Waals surface area contributed by atoms with Gasteiger partial charge in [0.1, 0.15) is 0 Å². The smallest absolute Gasteiger partial charge is 0.211 e. The SMILES string of the molecule is CN1CCc2cc(NC=O)cc(Cl)c21. The molecule has 1 aliphatic heterocycles. The van der Waals surface area contributed by atoms with Gasteiger partial charge < -0.3 is 10.2 Å². The Morgan fingerprint density at radius 2 is 2.36 bits per heavy atom. The van der Waals surface area contributed by atoms with Crippen LogP contribution in [-0.4, -0.2) is 20.0 Å². The van der Waals surface area contributed by atoms with E-state index in [1.54, 1.807) is 6.07 Å². The lowest BCUT2D eigenvalue weighted by Crippen LogP contribution is -2.12. The topological polar surface area (TPSA) is 32.3 Å². The lowest BCUT2D eigenvalue weighted by Gasteiger charge is -2.14. The van der Waals surface area contributed by atoms with Crippen LogP contribution in [0, 0.1) is 0 Å². The number of likely N-dealkylation sites (N-methyl/N-ethyl adjacent to an activating group) is 1. The summed E-state index contributed by atoms with van der Waals surface area (Å²) >= 11 is 6.11. The van der Waals surface area contributed by atoms with Crippen molar-refractivity contribution >= 4 is 29.4 Å². The standard InChI is InChI=1S/C10H11ClN2O/c1-13-3-2-7-4-8(12-6-14)5-9(11)10(7)13/h4-6H,2-3H2,1H3,(H,12,14). The second-order valence-electron chi connectivity index (χ2n) is 3.40. The van der Waals surface area contributed by atoms with Crippen LogP contribution in [0.4, 0.5) is 11.4 Å². The Morgan fingerprint density at radius 3 is 3.07 bits per heavy atom. The molecule has 1 aromatic carbocycles. The fraction of sp³-hybridized carbons (Fsp3) is 0.300. The van der Waals surface area contributed by atoms with Gasteiger partial charge in [-0.25, -0.2) is 0 Å². The molecule has 14 heavy (non-hydrogen) atoms. The molecule has 4 heteroatoms. The van der Waals surface area contributed by atoms with Gasteiger partial charge in [-0.3, -0.25) is 4.79 Å². The zero-order chi connectivity index (χ0) is 10.1. The molecule has 0 saturated carbocycles. The van der Waals surface area contributed by atoms with Crippen molar-refractivity contribution in [2.75, 3.05) is 23.8 Å².